The largest absolute Gasteiger partial charge is 0.504 e. The maximum absolute atomic E-state index is 10.3. The number of carboxylic acids is 1. The molecule has 11 nitrogen and oxygen atoms in total. The zero-order valence-electron chi connectivity index (χ0n) is 11.7. The third-order valence-electron chi connectivity index (χ3n) is 2.57. The van der Waals surface area contributed by atoms with Crippen molar-refractivity contribution in [3.63, 3.8) is 0 Å². The number of rotatable bonds is 1. The molecule has 0 aliphatic heterocycles. The van der Waals surface area contributed by atoms with Crippen LogP contribution in [0.15, 0.2) is 18.2 Å². The first-order valence-corrected chi connectivity index (χ1v) is 5.70. The summed E-state index contributed by atoms with van der Waals surface area (Å²) in [6, 6.07) is 3.31. The Morgan fingerprint density at radius 2 is 0.958 bits per heavy atom. The number of phenolic OH excluding ortho intramolecular Hbond substituents is 8. The van der Waals surface area contributed by atoms with Gasteiger partial charge in [0, 0.05) is 0 Å². The van der Waals surface area contributed by atoms with Crippen LogP contribution in [0.2, 0.25) is 0 Å². The topological polar surface area (TPSA) is 231 Å². The van der Waals surface area contributed by atoms with Crippen LogP contribution in [0.5, 0.6) is 46.0 Å². The molecule has 0 aliphatic rings. The first kappa shape index (κ1) is 20.3. The van der Waals surface area contributed by atoms with Gasteiger partial charge in [-0.05, 0) is 18.2 Å². The van der Waals surface area contributed by atoms with E-state index in [-0.39, 0.29) is 16.8 Å². The lowest BCUT2D eigenvalue weighted by atomic mass is 10.2. The second kappa shape index (κ2) is 7.51. The fraction of sp³-hybridized carbons (Fsp3) is 0. The van der Waals surface area contributed by atoms with Crippen LogP contribution in [0.1, 0.15) is 10.4 Å². The summed E-state index contributed by atoms with van der Waals surface area (Å²) in [6.45, 7) is 0. The monoisotopic (exact) mass is 346 g/mol. The van der Waals surface area contributed by atoms with E-state index in [4.69, 9.17) is 46.0 Å². The van der Waals surface area contributed by atoms with Crippen molar-refractivity contribution in [1.82, 2.24) is 0 Å². The van der Waals surface area contributed by atoms with Crippen LogP contribution in [0.4, 0.5) is 0 Å². The molecule has 0 fully saturated rings. The molecule has 0 unspecified atom stereocenters. The zero-order valence-corrected chi connectivity index (χ0v) is 11.7. The van der Waals surface area contributed by atoms with Gasteiger partial charge in [0.25, 0.3) is 0 Å². The van der Waals surface area contributed by atoms with E-state index in [0.717, 1.165) is 12.1 Å². The molecule has 0 atom stereocenters. The van der Waals surface area contributed by atoms with Gasteiger partial charge in [0.2, 0.25) is 34.5 Å². The van der Waals surface area contributed by atoms with E-state index in [0.29, 0.717) is 0 Å². The Bertz CT molecular complexity index is 649. The number of aromatic hydroxyl groups is 8. The minimum absolute atomic E-state index is 0. The van der Waals surface area contributed by atoms with Crippen molar-refractivity contribution in [2.75, 3.05) is 0 Å². The summed E-state index contributed by atoms with van der Waals surface area (Å²) < 4.78 is 0. The summed E-state index contributed by atoms with van der Waals surface area (Å²) in [4.78, 5) is 10.3. The molecule has 132 valence electrons. The fourth-order valence-electron chi connectivity index (χ4n) is 1.33. The van der Waals surface area contributed by atoms with Crippen molar-refractivity contribution in [1.29, 1.82) is 0 Å². The van der Waals surface area contributed by atoms with Gasteiger partial charge in [-0.15, -0.1) is 0 Å². The van der Waals surface area contributed by atoms with E-state index < -0.39 is 46.2 Å². The molecule has 2 rings (SSSR count). The Kier molecular flexibility index (Phi) is 6.34. The van der Waals surface area contributed by atoms with Gasteiger partial charge >= 0.3 is 5.97 Å². The summed E-state index contributed by atoms with van der Waals surface area (Å²) >= 11 is 0. The summed E-state index contributed by atoms with van der Waals surface area (Å²) in [5.74, 6) is -8.46. The molecular formula is C13H14O11. The Morgan fingerprint density at radius 3 is 1.21 bits per heavy atom. The normalized spacial score (nSPS) is 9.33. The van der Waals surface area contributed by atoms with E-state index in [1.165, 1.54) is 6.07 Å². The number of carbonyl (C=O) groups is 1. The minimum Gasteiger partial charge on any atom is -0.504 e. The van der Waals surface area contributed by atoms with Gasteiger partial charge in [0.15, 0.2) is 11.5 Å². The van der Waals surface area contributed by atoms with Crippen molar-refractivity contribution >= 4 is 5.97 Å². The highest BCUT2D eigenvalue weighted by atomic mass is 16.4. The number of hydrogen-bond donors (Lipinski definition) is 9. The Morgan fingerprint density at radius 1 is 0.625 bits per heavy atom. The Labute approximate surface area is 133 Å². The van der Waals surface area contributed by atoms with Crippen molar-refractivity contribution in [3.05, 3.63) is 23.8 Å². The van der Waals surface area contributed by atoms with E-state index in [2.05, 4.69) is 0 Å². The number of phenols is 8. The van der Waals surface area contributed by atoms with Gasteiger partial charge in [-0.25, -0.2) is 4.79 Å². The van der Waals surface area contributed by atoms with Crippen molar-refractivity contribution in [2.45, 2.75) is 0 Å². The van der Waals surface area contributed by atoms with Crippen molar-refractivity contribution < 1.29 is 56.2 Å². The molecule has 11 heteroatoms. The summed E-state index contributed by atoms with van der Waals surface area (Å²) in [5.41, 5.74) is -0.0553. The van der Waals surface area contributed by atoms with E-state index in [9.17, 15) is 4.79 Å². The number of carboxylic acid groups (broad SMARTS) is 1. The molecular weight excluding hydrogens is 332 g/mol. The molecule has 0 saturated heterocycles. The van der Waals surface area contributed by atoms with Crippen LogP contribution in [0, 0.1) is 0 Å². The predicted molar refractivity (Wildman–Crippen MR) is 76.8 cm³/mol. The zero-order chi connectivity index (χ0) is 17.9. The molecule has 0 aliphatic carbocycles. The molecule has 2 aromatic rings. The molecule has 0 aromatic heterocycles. The molecule has 0 spiro atoms. The first-order chi connectivity index (χ1) is 10.6. The molecule has 24 heavy (non-hydrogen) atoms. The molecule has 0 heterocycles. The van der Waals surface area contributed by atoms with E-state index in [1.807, 2.05) is 0 Å². The van der Waals surface area contributed by atoms with Crippen LogP contribution < -0.4 is 0 Å². The first-order valence-electron chi connectivity index (χ1n) is 5.70. The average Bonchev–Trinajstić information content (AvgIpc) is 2.52. The Hall–Kier alpha value is -3.73. The SMILES string of the molecule is O.O=C(O)c1ccc(O)c(O)c1.Oc1c(O)c(O)c(O)c(O)c1O. The maximum Gasteiger partial charge on any atom is 0.335 e. The van der Waals surface area contributed by atoms with Gasteiger partial charge in [0.05, 0.1) is 5.56 Å². The van der Waals surface area contributed by atoms with Crippen LogP contribution in [0.25, 0.3) is 0 Å². The van der Waals surface area contributed by atoms with Crippen molar-refractivity contribution in [2.24, 2.45) is 0 Å². The van der Waals surface area contributed by atoms with Crippen LogP contribution in [-0.2, 0) is 0 Å². The van der Waals surface area contributed by atoms with E-state index >= 15 is 0 Å². The quantitative estimate of drug-likeness (QED) is 0.245. The van der Waals surface area contributed by atoms with Gasteiger partial charge in [0.1, 0.15) is 0 Å². The smallest absolute Gasteiger partial charge is 0.335 e. The standard InChI is InChI=1S/C7H6O4.C6H6O6.H2O/c8-5-2-1-4(7(10)11)3-6(5)9;7-1-2(8)4(10)6(12)5(11)3(1)9;/h1-3,8-9H,(H,10,11);7-12H;1H2. The highest BCUT2D eigenvalue weighted by molar-refractivity contribution is 5.88. The lowest BCUT2D eigenvalue weighted by Gasteiger charge is -2.06. The van der Waals surface area contributed by atoms with Crippen molar-refractivity contribution in [3.8, 4) is 46.0 Å². The molecule has 11 N–H and O–H groups in total. The second-order valence-corrected chi connectivity index (χ2v) is 4.10. The number of aromatic carboxylic acids is 1. The Balaban J connectivity index is 0.000000425. The van der Waals surface area contributed by atoms with Crippen LogP contribution in [0.3, 0.4) is 0 Å². The highest BCUT2D eigenvalue weighted by Gasteiger charge is 2.22. The van der Waals surface area contributed by atoms with Gasteiger partial charge in [-0.2, -0.15) is 0 Å². The summed E-state index contributed by atoms with van der Waals surface area (Å²) in [7, 11) is 0. The van der Waals surface area contributed by atoms with Gasteiger partial charge in [-0.1, -0.05) is 0 Å². The lowest BCUT2D eigenvalue weighted by molar-refractivity contribution is 0.0696. The maximum atomic E-state index is 10.3. The average molecular weight is 346 g/mol. The third kappa shape index (κ3) is 3.92. The second-order valence-electron chi connectivity index (χ2n) is 4.10. The van der Waals surface area contributed by atoms with Gasteiger partial charge in [-0.3, -0.25) is 0 Å². The molecule has 0 amide bonds. The molecule has 0 bridgehead atoms. The summed E-state index contributed by atoms with van der Waals surface area (Å²) in [6.07, 6.45) is 0. The van der Waals surface area contributed by atoms with Crippen LogP contribution in [-0.4, -0.2) is 57.4 Å². The molecule has 0 saturated carbocycles. The predicted octanol–water partition coefficient (Wildman–Crippen LogP) is -0.109. The summed E-state index contributed by atoms with van der Waals surface area (Å²) in [5, 5.41) is 78.6. The van der Waals surface area contributed by atoms with E-state index in [1.54, 1.807) is 0 Å². The molecule has 2 aromatic carbocycles. The minimum atomic E-state index is -1.14. The fourth-order valence-corrected chi connectivity index (χ4v) is 1.33. The lowest BCUT2D eigenvalue weighted by Crippen LogP contribution is -1.94. The third-order valence-corrected chi connectivity index (χ3v) is 2.57. The number of benzene rings is 2. The van der Waals surface area contributed by atoms with Crippen LogP contribution >= 0.6 is 0 Å². The number of hydrogen-bond acceptors (Lipinski definition) is 9. The van der Waals surface area contributed by atoms with Gasteiger partial charge < -0.3 is 51.4 Å². The highest BCUT2D eigenvalue weighted by Crippen LogP contribution is 2.54. The molecule has 0 radical (unpaired) electrons.